The number of amides is 1. The van der Waals surface area contributed by atoms with E-state index >= 15 is 0 Å². The Hall–Kier alpha value is -0.863. The highest BCUT2D eigenvalue weighted by atomic mass is 28.4. The first-order valence-corrected chi connectivity index (χ1v) is 9.52. The van der Waals surface area contributed by atoms with E-state index in [-0.39, 0.29) is 10.9 Å². The minimum Gasteiger partial charge on any atom is -0.399 e. The molecule has 0 aliphatic heterocycles. The van der Waals surface area contributed by atoms with Crippen molar-refractivity contribution in [3.63, 3.8) is 0 Å². The van der Waals surface area contributed by atoms with Crippen molar-refractivity contribution >= 4 is 14.2 Å². The summed E-state index contributed by atoms with van der Waals surface area (Å²) in [4.78, 5) is 13.6. The quantitative estimate of drug-likeness (QED) is 0.746. The average Bonchev–Trinajstić information content (AvgIpc) is 2.24. The second-order valence-corrected chi connectivity index (χ2v) is 11.8. The van der Waals surface area contributed by atoms with Crippen LogP contribution < -0.4 is 0 Å². The predicted molar refractivity (Wildman–Crippen MR) is 80.2 cm³/mol. The molecule has 1 unspecified atom stereocenters. The van der Waals surface area contributed by atoms with Crippen LogP contribution in [0.4, 0.5) is 0 Å². The van der Waals surface area contributed by atoms with Gasteiger partial charge in [-0.05, 0) is 32.0 Å². The van der Waals surface area contributed by atoms with Crippen molar-refractivity contribution in [2.75, 3.05) is 14.1 Å². The van der Waals surface area contributed by atoms with E-state index in [9.17, 15) is 10.1 Å². The van der Waals surface area contributed by atoms with Crippen molar-refractivity contribution in [2.24, 2.45) is 5.92 Å². The number of carbonyl (C=O) groups excluding carboxylic acids is 1. The number of hydrogen-bond donors (Lipinski definition) is 0. The van der Waals surface area contributed by atoms with E-state index < -0.39 is 19.8 Å². The third-order valence-corrected chi connectivity index (χ3v) is 8.68. The molecule has 0 rings (SSSR count). The first-order valence-electron chi connectivity index (χ1n) is 6.61. The van der Waals surface area contributed by atoms with Crippen molar-refractivity contribution < 1.29 is 9.22 Å². The molecule has 0 aromatic rings. The Labute approximate surface area is 118 Å². The molecule has 0 aromatic heterocycles. The molecule has 0 heterocycles. The van der Waals surface area contributed by atoms with E-state index in [1.807, 2.05) is 0 Å². The first-order chi connectivity index (χ1) is 8.28. The van der Waals surface area contributed by atoms with Gasteiger partial charge in [-0.1, -0.05) is 20.8 Å². The van der Waals surface area contributed by atoms with E-state index in [1.54, 1.807) is 27.9 Å². The lowest BCUT2D eigenvalue weighted by molar-refractivity contribution is -0.137. The van der Waals surface area contributed by atoms with Crippen LogP contribution in [0.2, 0.25) is 18.1 Å². The molecule has 19 heavy (non-hydrogen) atoms. The lowest BCUT2D eigenvalue weighted by atomic mass is 9.91. The summed E-state index contributed by atoms with van der Waals surface area (Å²) in [5.41, 5.74) is -1.08. The molecule has 0 bridgehead atoms. The molecule has 1 amide bonds. The summed E-state index contributed by atoms with van der Waals surface area (Å²) < 4.78 is 6.20. The molecule has 2 atom stereocenters. The molecule has 5 heteroatoms. The van der Waals surface area contributed by atoms with Crippen molar-refractivity contribution in [3.8, 4) is 6.07 Å². The van der Waals surface area contributed by atoms with Crippen LogP contribution in [-0.2, 0) is 9.22 Å². The summed E-state index contributed by atoms with van der Waals surface area (Å²) in [6.45, 7) is 14.0. The molecule has 110 valence electrons. The van der Waals surface area contributed by atoms with Gasteiger partial charge in [0.05, 0.1) is 12.0 Å². The fraction of sp³-hybridized carbons (Fsp3) is 0.857. The minimum absolute atomic E-state index is 0.00595. The predicted octanol–water partition coefficient (Wildman–Crippen LogP) is 3.01. The van der Waals surface area contributed by atoms with E-state index in [0.717, 1.165) is 0 Å². The Kier molecular flexibility index (Phi) is 5.38. The largest absolute Gasteiger partial charge is 0.399 e. The maximum atomic E-state index is 12.1. The van der Waals surface area contributed by atoms with E-state index in [2.05, 4.69) is 39.9 Å². The van der Waals surface area contributed by atoms with Crippen LogP contribution in [0.5, 0.6) is 0 Å². The first kappa shape index (κ1) is 18.1. The van der Waals surface area contributed by atoms with Gasteiger partial charge in [-0.25, -0.2) is 0 Å². The Morgan fingerprint density at radius 2 is 1.68 bits per heavy atom. The third-order valence-electron chi connectivity index (χ3n) is 4.13. The molecule has 0 aliphatic carbocycles. The minimum atomic E-state index is -2.10. The van der Waals surface area contributed by atoms with Gasteiger partial charge in [-0.2, -0.15) is 5.26 Å². The molecule has 0 aromatic carbocycles. The molecule has 0 N–H and O–H groups in total. The average molecular weight is 284 g/mol. The van der Waals surface area contributed by atoms with Gasteiger partial charge in [0.2, 0.25) is 5.91 Å². The second-order valence-electron chi connectivity index (χ2n) is 7.04. The SMILES string of the molecule is CC(C(=O)N(C)C)[C@](C)(C#N)O[Si](C)(C)C(C)(C)C. The smallest absolute Gasteiger partial charge is 0.228 e. The van der Waals surface area contributed by atoms with Crippen molar-refractivity contribution in [1.29, 1.82) is 5.26 Å². The van der Waals surface area contributed by atoms with Crippen LogP contribution in [0.1, 0.15) is 34.6 Å². The molecular formula is C14H28N2O2Si. The Bertz CT molecular complexity index is 380. The summed E-state index contributed by atoms with van der Waals surface area (Å²) in [6, 6.07) is 2.21. The zero-order valence-electron chi connectivity index (χ0n) is 13.8. The summed E-state index contributed by atoms with van der Waals surface area (Å²) in [5.74, 6) is -0.565. The summed E-state index contributed by atoms with van der Waals surface area (Å²) in [5, 5.41) is 9.50. The van der Waals surface area contributed by atoms with Gasteiger partial charge >= 0.3 is 0 Å². The van der Waals surface area contributed by atoms with Gasteiger partial charge in [-0.3, -0.25) is 4.79 Å². The van der Waals surface area contributed by atoms with E-state index in [1.165, 1.54) is 4.90 Å². The zero-order chi connectivity index (χ0) is 15.6. The zero-order valence-corrected chi connectivity index (χ0v) is 14.8. The van der Waals surface area contributed by atoms with Gasteiger partial charge in [0, 0.05) is 14.1 Å². The van der Waals surface area contributed by atoms with Crippen LogP contribution in [-0.4, -0.2) is 38.8 Å². The lowest BCUT2D eigenvalue weighted by Gasteiger charge is -2.43. The van der Waals surface area contributed by atoms with Crippen LogP contribution in [0.15, 0.2) is 0 Å². The Balaban J connectivity index is 5.32. The molecule has 0 fully saturated rings. The van der Waals surface area contributed by atoms with Crippen LogP contribution in [0.25, 0.3) is 0 Å². The molecule has 0 spiro atoms. The van der Waals surface area contributed by atoms with Crippen molar-refractivity contribution in [1.82, 2.24) is 4.90 Å². The van der Waals surface area contributed by atoms with Gasteiger partial charge in [0.1, 0.15) is 0 Å². The van der Waals surface area contributed by atoms with Crippen molar-refractivity contribution in [2.45, 2.75) is 58.4 Å². The van der Waals surface area contributed by atoms with E-state index in [0.29, 0.717) is 0 Å². The highest BCUT2D eigenvalue weighted by Crippen LogP contribution is 2.40. The summed E-state index contributed by atoms with van der Waals surface area (Å²) in [7, 11) is 1.30. The monoisotopic (exact) mass is 284 g/mol. The molecule has 0 radical (unpaired) electrons. The van der Waals surface area contributed by atoms with Crippen molar-refractivity contribution in [3.05, 3.63) is 0 Å². The van der Waals surface area contributed by atoms with Gasteiger partial charge < -0.3 is 9.33 Å². The molecule has 4 nitrogen and oxygen atoms in total. The van der Waals surface area contributed by atoms with Gasteiger partial charge in [-0.15, -0.1) is 0 Å². The molecule has 0 saturated carbocycles. The van der Waals surface area contributed by atoms with Crippen LogP contribution >= 0.6 is 0 Å². The summed E-state index contributed by atoms with van der Waals surface area (Å²) in [6.07, 6.45) is 0. The Morgan fingerprint density at radius 3 is 1.95 bits per heavy atom. The molecular weight excluding hydrogens is 256 g/mol. The van der Waals surface area contributed by atoms with Gasteiger partial charge in [0.15, 0.2) is 13.9 Å². The maximum absolute atomic E-state index is 12.1. The third kappa shape index (κ3) is 4.05. The van der Waals surface area contributed by atoms with Crippen LogP contribution in [0, 0.1) is 17.2 Å². The number of carbonyl (C=O) groups is 1. The maximum Gasteiger partial charge on any atom is 0.228 e. The van der Waals surface area contributed by atoms with Crippen LogP contribution in [0.3, 0.4) is 0 Å². The molecule has 0 saturated heterocycles. The number of hydrogen-bond acceptors (Lipinski definition) is 3. The van der Waals surface area contributed by atoms with E-state index in [4.69, 9.17) is 4.43 Å². The molecule has 0 aliphatic rings. The number of nitrogens with zero attached hydrogens (tertiary/aromatic N) is 2. The summed E-state index contributed by atoms with van der Waals surface area (Å²) >= 11 is 0. The fourth-order valence-electron chi connectivity index (χ4n) is 1.51. The number of nitriles is 1. The standard InChI is InChI=1S/C14H28N2O2Si/c1-11(12(17)16(6)7)14(5,10-15)18-19(8,9)13(2,3)4/h11H,1-9H3/t11?,14-/m0/s1. The fourth-order valence-corrected chi connectivity index (χ4v) is 3.10. The highest BCUT2D eigenvalue weighted by Gasteiger charge is 2.47. The Morgan fingerprint density at radius 1 is 1.26 bits per heavy atom. The highest BCUT2D eigenvalue weighted by molar-refractivity contribution is 6.74. The topological polar surface area (TPSA) is 53.3 Å². The normalized spacial score (nSPS) is 17.3. The lowest BCUT2D eigenvalue weighted by Crippen LogP contribution is -2.53. The number of rotatable bonds is 4. The van der Waals surface area contributed by atoms with Gasteiger partial charge in [0.25, 0.3) is 0 Å². The second kappa shape index (κ2) is 5.64.